The molecule has 0 spiro atoms. The summed E-state index contributed by atoms with van der Waals surface area (Å²) in [7, 11) is 1.57. The van der Waals surface area contributed by atoms with Gasteiger partial charge in [0.15, 0.2) is 5.69 Å². The van der Waals surface area contributed by atoms with E-state index in [-0.39, 0.29) is 19.1 Å². The van der Waals surface area contributed by atoms with Crippen molar-refractivity contribution in [1.29, 1.82) is 0 Å². The van der Waals surface area contributed by atoms with Gasteiger partial charge < -0.3 is 19.5 Å². The number of methoxy groups -OCH3 is 1. The maximum Gasteiger partial charge on any atom is 0.274 e. The van der Waals surface area contributed by atoms with Gasteiger partial charge >= 0.3 is 0 Å². The fourth-order valence-electron chi connectivity index (χ4n) is 3.65. The second kappa shape index (κ2) is 9.61. The molecule has 1 aliphatic rings. The molecule has 1 saturated heterocycles. The molecule has 31 heavy (non-hydrogen) atoms. The summed E-state index contributed by atoms with van der Waals surface area (Å²) in [6.45, 7) is 1.73. The molecule has 0 atom stereocenters. The zero-order valence-electron chi connectivity index (χ0n) is 17.5. The Bertz CT molecular complexity index is 1010. The van der Waals surface area contributed by atoms with Crippen LogP contribution in [0, 0.1) is 0 Å². The first kappa shape index (κ1) is 20.9. The number of piperidine rings is 1. The van der Waals surface area contributed by atoms with E-state index in [1.807, 2.05) is 41.3 Å². The number of aliphatic hydroxyl groups excluding tert-OH is 1. The molecule has 8 heteroatoms. The lowest BCUT2D eigenvalue weighted by Crippen LogP contribution is -2.35. The number of hydrogen-bond acceptors (Lipinski definition) is 6. The summed E-state index contributed by atoms with van der Waals surface area (Å²) in [5.74, 6) is 1.12. The molecular weight excluding hydrogens is 396 g/mol. The molecule has 0 radical (unpaired) electrons. The number of amides is 1. The van der Waals surface area contributed by atoms with Crippen LogP contribution in [0.3, 0.4) is 0 Å². The van der Waals surface area contributed by atoms with E-state index in [1.165, 1.54) is 0 Å². The smallest absolute Gasteiger partial charge is 0.274 e. The Morgan fingerprint density at radius 2 is 1.87 bits per heavy atom. The molecule has 2 aromatic heterocycles. The van der Waals surface area contributed by atoms with Crippen LogP contribution in [0.4, 0.5) is 0 Å². The van der Waals surface area contributed by atoms with Gasteiger partial charge in [0, 0.05) is 24.7 Å². The Kier molecular flexibility index (Phi) is 6.47. The van der Waals surface area contributed by atoms with Gasteiger partial charge in [-0.25, -0.2) is 9.67 Å². The molecule has 8 nitrogen and oxygen atoms in total. The van der Waals surface area contributed by atoms with E-state index >= 15 is 0 Å². The van der Waals surface area contributed by atoms with Crippen molar-refractivity contribution in [3.05, 3.63) is 54.4 Å². The Balaban J connectivity index is 1.70. The summed E-state index contributed by atoms with van der Waals surface area (Å²) in [4.78, 5) is 19.2. The van der Waals surface area contributed by atoms with Crippen LogP contribution in [0.5, 0.6) is 11.6 Å². The number of likely N-dealkylation sites (tertiary alicyclic amines) is 1. The lowest BCUT2D eigenvalue weighted by Gasteiger charge is -2.25. The SMILES string of the molecule is COc1ccc(-n2nc(C(=O)N3CCCCC3)cc2-c2ccc(OCCO)cc2)cn1. The third kappa shape index (κ3) is 4.69. The average Bonchev–Trinajstić information content (AvgIpc) is 3.28. The summed E-state index contributed by atoms with van der Waals surface area (Å²) in [6.07, 6.45) is 4.88. The molecule has 4 rings (SSSR count). The molecular formula is C23H26N4O4. The second-order valence-electron chi connectivity index (χ2n) is 7.33. The van der Waals surface area contributed by atoms with E-state index < -0.39 is 0 Å². The molecule has 1 aromatic carbocycles. The Labute approximate surface area is 181 Å². The van der Waals surface area contributed by atoms with Gasteiger partial charge in [0.25, 0.3) is 5.91 Å². The molecule has 3 aromatic rings. The van der Waals surface area contributed by atoms with E-state index in [0.29, 0.717) is 17.3 Å². The Hall–Kier alpha value is -3.39. The summed E-state index contributed by atoms with van der Waals surface area (Å²) in [6, 6.07) is 12.9. The van der Waals surface area contributed by atoms with Crippen LogP contribution in [0.1, 0.15) is 29.8 Å². The van der Waals surface area contributed by atoms with Crippen molar-refractivity contribution in [2.24, 2.45) is 0 Å². The van der Waals surface area contributed by atoms with Gasteiger partial charge in [-0.15, -0.1) is 0 Å². The van der Waals surface area contributed by atoms with Gasteiger partial charge in [0.2, 0.25) is 5.88 Å². The number of benzene rings is 1. The molecule has 1 N–H and O–H groups in total. The first-order valence-electron chi connectivity index (χ1n) is 10.4. The van der Waals surface area contributed by atoms with Gasteiger partial charge in [-0.3, -0.25) is 4.79 Å². The molecule has 0 unspecified atom stereocenters. The Morgan fingerprint density at radius 1 is 1.10 bits per heavy atom. The molecule has 3 heterocycles. The zero-order valence-corrected chi connectivity index (χ0v) is 17.5. The van der Waals surface area contributed by atoms with Gasteiger partial charge in [0.05, 0.1) is 31.3 Å². The fourth-order valence-corrected chi connectivity index (χ4v) is 3.65. The largest absolute Gasteiger partial charge is 0.491 e. The summed E-state index contributed by atoms with van der Waals surface area (Å²) >= 11 is 0. The van der Waals surface area contributed by atoms with E-state index in [2.05, 4.69) is 10.1 Å². The number of hydrogen-bond donors (Lipinski definition) is 1. The van der Waals surface area contributed by atoms with Crippen molar-refractivity contribution in [2.45, 2.75) is 19.3 Å². The molecule has 0 bridgehead atoms. The van der Waals surface area contributed by atoms with Crippen molar-refractivity contribution >= 4 is 5.91 Å². The van der Waals surface area contributed by atoms with Crippen LogP contribution in [0.2, 0.25) is 0 Å². The Morgan fingerprint density at radius 3 is 2.52 bits per heavy atom. The first-order chi connectivity index (χ1) is 15.2. The highest BCUT2D eigenvalue weighted by molar-refractivity contribution is 5.93. The predicted molar refractivity (Wildman–Crippen MR) is 116 cm³/mol. The first-order valence-corrected chi connectivity index (χ1v) is 10.4. The number of ether oxygens (including phenoxy) is 2. The summed E-state index contributed by atoms with van der Waals surface area (Å²) in [5, 5.41) is 13.6. The number of nitrogens with zero attached hydrogens (tertiary/aromatic N) is 4. The lowest BCUT2D eigenvalue weighted by atomic mass is 10.1. The van der Waals surface area contributed by atoms with Gasteiger partial charge in [-0.1, -0.05) is 0 Å². The third-order valence-corrected chi connectivity index (χ3v) is 5.26. The minimum absolute atomic E-state index is 0.0407. The molecule has 0 saturated carbocycles. The zero-order chi connectivity index (χ0) is 21.6. The number of rotatable bonds is 7. The fraction of sp³-hybridized carbons (Fsp3) is 0.348. The number of pyridine rings is 1. The molecule has 0 aliphatic carbocycles. The van der Waals surface area contributed by atoms with Crippen LogP contribution < -0.4 is 9.47 Å². The molecule has 162 valence electrons. The van der Waals surface area contributed by atoms with Crippen molar-refractivity contribution < 1.29 is 19.4 Å². The van der Waals surface area contributed by atoms with Gasteiger partial charge in [0.1, 0.15) is 12.4 Å². The van der Waals surface area contributed by atoms with Crippen molar-refractivity contribution in [3.8, 4) is 28.6 Å². The van der Waals surface area contributed by atoms with Crippen molar-refractivity contribution in [1.82, 2.24) is 19.7 Å². The second-order valence-corrected chi connectivity index (χ2v) is 7.33. The van der Waals surface area contributed by atoms with E-state index in [4.69, 9.17) is 14.6 Å². The van der Waals surface area contributed by atoms with Crippen LogP contribution in [-0.4, -0.2) is 64.1 Å². The predicted octanol–water partition coefficient (Wildman–Crippen LogP) is 2.94. The van der Waals surface area contributed by atoms with Crippen LogP contribution in [0.25, 0.3) is 16.9 Å². The maximum absolute atomic E-state index is 13.1. The van der Waals surface area contributed by atoms with Crippen LogP contribution >= 0.6 is 0 Å². The van der Waals surface area contributed by atoms with E-state index in [9.17, 15) is 4.79 Å². The third-order valence-electron chi connectivity index (χ3n) is 5.26. The van der Waals surface area contributed by atoms with Gasteiger partial charge in [-0.05, 0) is 55.7 Å². The molecule has 1 amide bonds. The van der Waals surface area contributed by atoms with Crippen molar-refractivity contribution in [3.63, 3.8) is 0 Å². The van der Waals surface area contributed by atoms with Crippen molar-refractivity contribution in [2.75, 3.05) is 33.4 Å². The highest BCUT2D eigenvalue weighted by Gasteiger charge is 2.23. The van der Waals surface area contributed by atoms with Crippen LogP contribution in [0.15, 0.2) is 48.7 Å². The lowest BCUT2D eigenvalue weighted by molar-refractivity contribution is 0.0718. The average molecular weight is 422 g/mol. The molecule has 1 aliphatic heterocycles. The number of aromatic nitrogens is 3. The minimum Gasteiger partial charge on any atom is -0.491 e. The van der Waals surface area contributed by atoms with Gasteiger partial charge in [-0.2, -0.15) is 5.10 Å². The monoisotopic (exact) mass is 422 g/mol. The summed E-state index contributed by atoms with van der Waals surface area (Å²) in [5.41, 5.74) is 2.81. The van der Waals surface area contributed by atoms with E-state index in [0.717, 1.165) is 49.3 Å². The summed E-state index contributed by atoms with van der Waals surface area (Å²) < 4.78 is 12.3. The normalized spacial score (nSPS) is 13.8. The number of aliphatic hydroxyl groups is 1. The standard InChI is InChI=1S/C23H26N4O4/c1-30-22-10-7-18(16-24-22)27-21(17-5-8-19(9-6-17)31-14-13-28)15-20(25-27)23(29)26-11-3-2-4-12-26/h5-10,15-16,28H,2-4,11-14H2,1H3. The maximum atomic E-state index is 13.1. The number of carbonyl (C=O) groups is 1. The highest BCUT2D eigenvalue weighted by atomic mass is 16.5. The quantitative estimate of drug-likeness (QED) is 0.630. The minimum atomic E-state index is -0.0518. The number of carbonyl (C=O) groups excluding carboxylic acids is 1. The van der Waals surface area contributed by atoms with Crippen LogP contribution in [-0.2, 0) is 0 Å². The van der Waals surface area contributed by atoms with E-state index in [1.54, 1.807) is 24.1 Å². The topological polar surface area (TPSA) is 89.7 Å². The highest BCUT2D eigenvalue weighted by Crippen LogP contribution is 2.27. The molecule has 1 fully saturated rings.